The maximum Gasteiger partial charge on any atom is 0.220 e. The van der Waals surface area contributed by atoms with Crippen LogP contribution in [0.5, 0.6) is 5.75 Å². The van der Waals surface area contributed by atoms with Gasteiger partial charge in [0.25, 0.3) is 0 Å². The van der Waals surface area contributed by atoms with Crippen molar-refractivity contribution in [3.05, 3.63) is 30.3 Å². The summed E-state index contributed by atoms with van der Waals surface area (Å²) in [7, 11) is 0. The summed E-state index contributed by atoms with van der Waals surface area (Å²) in [5, 5.41) is 3.07. The van der Waals surface area contributed by atoms with Crippen molar-refractivity contribution in [3.8, 4) is 5.75 Å². The average molecular weight is 289 g/mol. The minimum atomic E-state index is 0.150. The van der Waals surface area contributed by atoms with E-state index < -0.39 is 0 Å². The predicted octanol–water partition coefficient (Wildman–Crippen LogP) is 2.39. The molecule has 1 aliphatic heterocycles. The van der Waals surface area contributed by atoms with Gasteiger partial charge in [0.15, 0.2) is 0 Å². The number of amides is 1. The minimum absolute atomic E-state index is 0.150. The molecule has 0 bridgehead atoms. The maximum absolute atomic E-state index is 11.9. The molecule has 1 amide bonds. The Kier molecular flexibility index (Phi) is 4.44. The summed E-state index contributed by atoms with van der Waals surface area (Å²) in [5.74, 6) is 1.45. The molecule has 0 radical (unpaired) electrons. The number of ether oxygens (including phenoxy) is 2. The van der Waals surface area contributed by atoms with Crippen LogP contribution in [0.4, 0.5) is 0 Å². The predicted molar refractivity (Wildman–Crippen MR) is 80.2 cm³/mol. The van der Waals surface area contributed by atoms with Crippen LogP contribution in [0.25, 0.3) is 0 Å². The Morgan fingerprint density at radius 1 is 1.33 bits per heavy atom. The fraction of sp³-hybridized carbons (Fsp3) is 0.588. The Balaban J connectivity index is 1.39. The first-order chi connectivity index (χ1) is 10.3. The number of hydrogen-bond acceptors (Lipinski definition) is 3. The Morgan fingerprint density at radius 3 is 2.81 bits per heavy atom. The van der Waals surface area contributed by atoms with Crippen molar-refractivity contribution < 1.29 is 14.3 Å². The molecule has 114 valence electrons. The summed E-state index contributed by atoms with van der Waals surface area (Å²) < 4.78 is 11.1. The van der Waals surface area contributed by atoms with Gasteiger partial charge in [0, 0.05) is 31.6 Å². The van der Waals surface area contributed by atoms with Crippen LogP contribution in [0.2, 0.25) is 0 Å². The molecule has 1 atom stereocenters. The normalized spacial score (nSPS) is 22.8. The molecule has 3 rings (SSSR count). The quantitative estimate of drug-likeness (QED) is 0.838. The Morgan fingerprint density at radius 2 is 2.14 bits per heavy atom. The molecule has 2 aliphatic rings. The number of carbonyl (C=O) groups excluding carboxylic acids is 1. The molecule has 1 unspecified atom stereocenters. The lowest BCUT2D eigenvalue weighted by atomic mass is 10.0. The molecule has 1 aromatic carbocycles. The highest BCUT2D eigenvalue weighted by Crippen LogP contribution is 2.45. The second-order valence-electron chi connectivity index (χ2n) is 6.31. The van der Waals surface area contributed by atoms with Crippen LogP contribution >= 0.6 is 0 Å². The van der Waals surface area contributed by atoms with Gasteiger partial charge in [-0.25, -0.2) is 0 Å². The lowest BCUT2D eigenvalue weighted by Crippen LogP contribution is -2.34. The van der Waals surface area contributed by atoms with E-state index in [4.69, 9.17) is 9.47 Å². The number of benzene rings is 1. The summed E-state index contributed by atoms with van der Waals surface area (Å²) in [4.78, 5) is 11.9. The number of hydrogen-bond donors (Lipinski definition) is 1. The van der Waals surface area contributed by atoms with Crippen molar-refractivity contribution in [2.75, 3.05) is 26.4 Å². The van der Waals surface area contributed by atoms with Gasteiger partial charge in [-0.05, 0) is 37.3 Å². The Labute approximate surface area is 125 Å². The van der Waals surface area contributed by atoms with E-state index in [0.29, 0.717) is 18.9 Å². The lowest BCUT2D eigenvalue weighted by molar-refractivity contribution is -0.122. The van der Waals surface area contributed by atoms with Crippen LogP contribution in [0, 0.1) is 11.3 Å². The number of rotatable bonds is 7. The molecule has 21 heavy (non-hydrogen) atoms. The smallest absolute Gasteiger partial charge is 0.220 e. The highest BCUT2D eigenvalue weighted by atomic mass is 16.5. The van der Waals surface area contributed by atoms with Gasteiger partial charge in [-0.1, -0.05) is 18.2 Å². The highest BCUT2D eigenvalue weighted by Gasteiger charge is 2.43. The van der Waals surface area contributed by atoms with Gasteiger partial charge in [0.2, 0.25) is 5.91 Å². The van der Waals surface area contributed by atoms with Crippen molar-refractivity contribution in [2.24, 2.45) is 11.3 Å². The Hall–Kier alpha value is -1.55. The van der Waals surface area contributed by atoms with E-state index in [-0.39, 0.29) is 11.3 Å². The minimum Gasteiger partial charge on any atom is -0.493 e. The summed E-state index contributed by atoms with van der Waals surface area (Å²) in [6.07, 6.45) is 3.87. The fourth-order valence-electron chi connectivity index (χ4n) is 2.67. The number of carbonyl (C=O) groups is 1. The van der Waals surface area contributed by atoms with E-state index >= 15 is 0 Å². The zero-order valence-corrected chi connectivity index (χ0v) is 12.3. The molecular weight excluding hydrogens is 266 g/mol. The van der Waals surface area contributed by atoms with Crippen LogP contribution in [-0.2, 0) is 9.53 Å². The van der Waals surface area contributed by atoms with E-state index in [2.05, 4.69) is 5.32 Å². The second kappa shape index (κ2) is 6.48. The number of nitrogens with one attached hydrogen (secondary N) is 1. The molecule has 1 aromatic rings. The van der Waals surface area contributed by atoms with Gasteiger partial charge in [0.1, 0.15) is 5.75 Å². The monoisotopic (exact) mass is 289 g/mol. The molecule has 2 fully saturated rings. The molecule has 1 heterocycles. The Bertz CT molecular complexity index is 464. The third-order valence-electron chi connectivity index (χ3n) is 4.40. The van der Waals surface area contributed by atoms with Crippen LogP contribution in [0.15, 0.2) is 30.3 Å². The maximum atomic E-state index is 11.9. The summed E-state index contributed by atoms with van der Waals surface area (Å²) in [6, 6.07) is 9.86. The lowest BCUT2D eigenvalue weighted by Gasteiger charge is -2.17. The summed E-state index contributed by atoms with van der Waals surface area (Å²) in [5.41, 5.74) is 0.150. The van der Waals surface area contributed by atoms with Gasteiger partial charge < -0.3 is 14.8 Å². The first-order valence-corrected chi connectivity index (χ1v) is 7.78. The van der Waals surface area contributed by atoms with E-state index in [1.807, 2.05) is 30.3 Å². The zero-order chi connectivity index (χ0) is 14.5. The first kappa shape index (κ1) is 14.4. The van der Waals surface area contributed by atoms with Crippen LogP contribution in [-0.4, -0.2) is 32.3 Å². The third kappa shape index (κ3) is 4.21. The van der Waals surface area contributed by atoms with E-state index in [1.54, 1.807) is 0 Å². The van der Waals surface area contributed by atoms with Crippen LogP contribution < -0.4 is 10.1 Å². The van der Waals surface area contributed by atoms with E-state index in [9.17, 15) is 4.79 Å². The average Bonchev–Trinajstić information content (AvgIpc) is 3.11. The van der Waals surface area contributed by atoms with Gasteiger partial charge >= 0.3 is 0 Å². The van der Waals surface area contributed by atoms with Crippen LogP contribution in [0.3, 0.4) is 0 Å². The fourth-order valence-corrected chi connectivity index (χ4v) is 2.67. The van der Waals surface area contributed by atoms with Gasteiger partial charge in [-0.3, -0.25) is 4.79 Å². The largest absolute Gasteiger partial charge is 0.493 e. The molecule has 4 heteroatoms. The van der Waals surface area contributed by atoms with Crippen molar-refractivity contribution in [1.29, 1.82) is 0 Å². The van der Waals surface area contributed by atoms with Gasteiger partial charge in [0.05, 0.1) is 6.61 Å². The van der Waals surface area contributed by atoms with Gasteiger partial charge in [-0.15, -0.1) is 0 Å². The van der Waals surface area contributed by atoms with Gasteiger partial charge in [-0.2, -0.15) is 0 Å². The summed E-state index contributed by atoms with van der Waals surface area (Å²) >= 11 is 0. The first-order valence-electron chi connectivity index (χ1n) is 7.78. The van der Waals surface area contributed by atoms with Crippen molar-refractivity contribution in [2.45, 2.75) is 25.7 Å². The zero-order valence-electron chi connectivity index (χ0n) is 12.3. The van der Waals surface area contributed by atoms with E-state index in [0.717, 1.165) is 44.8 Å². The SMILES string of the molecule is O=C(CC1CCOC1)NCC1(COc2ccccc2)CC1. The molecule has 4 nitrogen and oxygen atoms in total. The van der Waals surface area contributed by atoms with Crippen LogP contribution in [0.1, 0.15) is 25.7 Å². The molecular formula is C17H23NO3. The number of para-hydroxylation sites is 1. The van der Waals surface area contributed by atoms with Crippen molar-refractivity contribution in [3.63, 3.8) is 0 Å². The molecule has 1 aliphatic carbocycles. The standard InChI is InChI=1S/C17H23NO3/c19-16(10-14-6-9-20-11-14)18-12-17(7-8-17)13-21-15-4-2-1-3-5-15/h1-5,14H,6-13H2,(H,18,19). The van der Waals surface area contributed by atoms with Crippen molar-refractivity contribution in [1.82, 2.24) is 5.32 Å². The molecule has 1 N–H and O–H groups in total. The molecule has 0 aromatic heterocycles. The van der Waals surface area contributed by atoms with E-state index in [1.165, 1.54) is 0 Å². The van der Waals surface area contributed by atoms with Crippen molar-refractivity contribution >= 4 is 5.91 Å². The molecule has 1 saturated heterocycles. The third-order valence-corrected chi connectivity index (χ3v) is 4.40. The molecule has 0 spiro atoms. The topological polar surface area (TPSA) is 47.6 Å². The second-order valence-corrected chi connectivity index (χ2v) is 6.31. The molecule has 1 saturated carbocycles. The highest BCUT2D eigenvalue weighted by molar-refractivity contribution is 5.76. The summed E-state index contributed by atoms with van der Waals surface area (Å²) in [6.45, 7) is 2.94.